The molecule has 2 saturated heterocycles. The summed E-state index contributed by atoms with van der Waals surface area (Å²) in [6.45, 7) is 0. The van der Waals surface area contributed by atoms with Gasteiger partial charge in [0.05, 0.1) is 25.0 Å². The fourth-order valence-corrected chi connectivity index (χ4v) is 7.32. The SMILES string of the molecule is COC(=O)C(F)(F)S(=O)(=O)F.O=C(O)C(F)(F)S(=O)(=O)[O-].O=C1OC2C(O)C3CC1C2C3.O=C1OC2C3CC(CC13)C2OC(=O)C(F)(F)SOO[O-].[Na+].[Na+].[Na+].[OH-]. The van der Waals surface area contributed by atoms with Crippen LogP contribution in [0.4, 0.5) is 30.2 Å². The monoisotopic (exact) mass is 918 g/mol. The zero-order chi connectivity index (χ0) is 39.9. The average Bonchev–Trinajstić information content (AvgIpc) is 3.85. The Hall–Kier alpha value is -0.130. The molecule has 56 heavy (non-hydrogen) atoms. The van der Waals surface area contributed by atoms with E-state index in [0.29, 0.717) is 31.8 Å². The first-order valence-corrected chi connectivity index (χ1v) is 17.5. The molecule has 0 spiro atoms. The van der Waals surface area contributed by atoms with Crippen LogP contribution in [-0.4, -0.2) is 114 Å². The molecular weight excluding hydrogens is 894 g/mol. The molecule has 0 aromatic carbocycles. The van der Waals surface area contributed by atoms with Gasteiger partial charge < -0.3 is 44.4 Å². The number of carbonyl (C=O) groups excluding carboxylic acids is 4. The van der Waals surface area contributed by atoms with E-state index < -0.39 is 78.3 Å². The summed E-state index contributed by atoms with van der Waals surface area (Å²) in [5.74, 6) is -7.27. The van der Waals surface area contributed by atoms with Crippen molar-refractivity contribution in [3.63, 3.8) is 0 Å². The summed E-state index contributed by atoms with van der Waals surface area (Å²) in [5, 5.41) is 14.8. The fourth-order valence-electron chi connectivity index (χ4n) is 6.60. The number of hydrogen-bond donors (Lipinski definition) is 2. The predicted molar refractivity (Wildman–Crippen MR) is 141 cm³/mol. The number of methoxy groups -OCH3 is 1. The minimum atomic E-state index is -6.22. The van der Waals surface area contributed by atoms with Gasteiger partial charge in [0.15, 0.2) is 10.1 Å². The van der Waals surface area contributed by atoms with Crippen LogP contribution < -0.4 is 93.9 Å². The third-order valence-corrected chi connectivity index (χ3v) is 10.9. The van der Waals surface area contributed by atoms with Gasteiger partial charge in [-0.25, -0.2) is 22.8 Å². The molecular formula is C23H24F7Na3O20S3. The Kier molecular flexibility index (Phi) is 22.4. The molecule has 306 valence electrons. The maximum Gasteiger partial charge on any atom is 1.00 e. The Labute approximate surface area is 380 Å². The topological polar surface area (TPSA) is 326 Å². The average molecular weight is 919 g/mol. The summed E-state index contributed by atoms with van der Waals surface area (Å²) in [7, 11) is -11.8. The number of esters is 4. The van der Waals surface area contributed by atoms with Gasteiger partial charge in [0.1, 0.15) is 30.4 Å². The standard InChI is InChI=1S/C10H10F2O7S.C8H10O3.C3H3F3O4S.C2H2F2O5S.3Na.H2O/c11-10(12,20-19-18-15)9(14)17-6-3-1-4-5(2-3)8(13)16-7(4)6;9-6-3-1-4-5(2-3)8(10)11-7(4)6;1-10-2(7)3(4,5)11(6,8)9;3-2(4,1(5)6)10(7,8)9;;;;/h3-7,15H,1-2H2;3-7,9H,1-2H2;1H3;(H,5,6)(H,7,8,9);;;;1H2/q;;;;3*+1;/p-3. The normalized spacial score (nSPS) is 30.0. The number of aliphatic hydroxyl groups is 1. The second-order valence-corrected chi connectivity index (χ2v) is 15.3. The molecule has 0 aromatic rings. The number of carboxylic acid groups (broad SMARTS) is 1. The van der Waals surface area contributed by atoms with Crippen LogP contribution in [0.2, 0.25) is 0 Å². The molecule has 3 N–H and O–H groups in total. The zero-order valence-electron chi connectivity index (χ0n) is 28.8. The van der Waals surface area contributed by atoms with Crippen molar-refractivity contribution in [3.8, 4) is 0 Å². The zero-order valence-corrected chi connectivity index (χ0v) is 37.2. The molecule has 0 amide bonds. The second kappa shape index (κ2) is 21.6. The van der Waals surface area contributed by atoms with Crippen molar-refractivity contribution in [2.75, 3.05) is 7.11 Å². The minimum absolute atomic E-state index is 0. The fraction of sp³-hybridized carbons (Fsp3) is 0.783. The van der Waals surface area contributed by atoms with Crippen molar-refractivity contribution in [1.82, 2.24) is 0 Å². The van der Waals surface area contributed by atoms with Crippen molar-refractivity contribution in [2.45, 2.75) is 65.9 Å². The molecule has 6 fully saturated rings. The van der Waals surface area contributed by atoms with Gasteiger partial charge >= 0.3 is 145 Å². The predicted octanol–water partition coefficient (Wildman–Crippen LogP) is -10.0. The molecule has 4 aliphatic carbocycles. The smallest absolute Gasteiger partial charge is 0.870 e. The van der Waals surface area contributed by atoms with Crippen molar-refractivity contribution >= 4 is 62.2 Å². The van der Waals surface area contributed by atoms with Gasteiger partial charge in [-0.2, -0.15) is 39.1 Å². The van der Waals surface area contributed by atoms with E-state index in [9.17, 15) is 86.0 Å². The van der Waals surface area contributed by atoms with Crippen LogP contribution in [0.25, 0.3) is 0 Å². The van der Waals surface area contributed by atoms with E-state index in [2.05, 4.69) is 14.1 Å². The maximum absolute atomic E-state index is 13.3. The molecule has 2 aliphatic heterocycles. The number of aliphatic hydroxyl groups excluding tert-OH is 1. The van der Waals surface area contributed by atoms with E-state index in [1.54, 1.807) is 0 Å². The Bertz CT molecular complexity index is 1660. The van der Waals surface area contributed by atoms with Crippen LogP contribution in [0.1, 0.15) is 25.7 Å². The molecule has 10 unspecified atom stereocenters. The summed E-state index contributed by atoms with van der Waals surface area (Å²) in [6, 6.07) is 0. The molecule has 33 heteroatoms. The number of carboxylic acids is 1. The van der Waals surface area contributed by atoms with E-state index in [-0.39, 0.29) is 142 Å². The third-order valence-electron chi connectivity index (χ3n) is 8.80. The molecule has 0 radical (unpaired) electrons. The van der Waals surface area contributed by atoms with Gasteiger partial charge in [0, 0.05) is 17.8 Å². The number of alkyl halides is 6. The summed E-state index contributed by atoms with van der Waals surface area (Å²) in [5.41, 5.74) is 0. The molecule has 6 aliphatic rings. The first kappa shape index (κ1) is 58.0. The van der Waals surface area contributed by atoms with Gasteiger partial charge in [-0.1, -0.05) is 3.89 Å². The van der Waals surface area contributed by atoms with Crippen molar-refractivity contribution in [3.05, 3.63) is 0 Å². The Morgan fingerprint density at radius 3 is 1.62 bits per heavy atom. The van der Waals surface area contributed by atoms with Gasteiger partial charge in [0.25, 0.3) is 0 Å². The van der Waals surface area contributed by atoms with E-state index in [1.165, 1.54) is 0 Å². The summed E-state index contributed by atoms with van der Waals surface area (Å²) < 4.78 is 154. The van der Waals surface area contributed by atoms with E-state index >= 15 is 0 Å². The molecule has 2 heterocycles. The number of hydrogen-bond acceptors (Lipinski definition) is 20. The van der Waals surface area contributed by atoms with Gasteiger partial charge in [-0.15, -0.1) is 0 Å². The van der Waals surface area contributed by atoms with Crippen LogP contribution in [0.15, 0.2) is 0 Å². The number of halogens is 7. The second-order valence-electron chi connectivity index (χ2n) is 11.6. The largest absolute Gasteiger partial charge is 1.00 e. The third kappa shape index (κ3) is 12.3. The first-order valence-electron chi connectivity index (χ1n) is 13.9. The van der Waals surface area contributed by atoms with Crippen LogP contribution in [0, 0.1) is 35.5 Å². The molecule has 4 saturated carbocycles. The van der Waals surface area contributed by atoms with Gasteiger partial charge in [-0.3, -0.25) is 14.6 Å². The van der Waals surface area contributed by atoms with Gasteiger partial charge in [-0.05, 0) is 31.6 Å². The Morgan fingerprint density at radius 2 is 1.27 bits per heavy atom. The number of aliphatic carboxylic acids is 1. The summed E-state index contributed by atoms with van der Waals surface area (Å²) >= 11 is -0.740. The van der Waals surface area contributed by atoms with E-state index in [0.717, 1.165) is 12.8 Å². The number of ether oxygens (including phenoxy) is 4. The van der Waals surface area contributed by atoms with Crippen molar-refractivity contribution in [1.29, 1.82) is 0 Å². The van der Waals surface area contributed by atoms with Crippen molar-refractivity contribution in [2.24, 2.45) is 35.5 Å². The Balaban J connectivity index is 0. The number of fused-ring (bicyclic) bond motifs is 2. The Morgan fingerprint density at radius 1 is 0.821 bits per heavy atom. The van der Waals surface area contributed by atoms with Crippen molar-refractivity contribution < 1.29 is 214 Å². The van der Waals surface area contributed by atoms with E-state index in [4.69, 9.17) is 19.3 Å². The first-order chi connectivity index (χ1) is 23.6. The number of carbonyl (C=O) groups is 5. The van der Waals surface area contributed by atoms with Crippen LogP contribution in [0.3, 0.4) is 0 Å². The summed E-state index contributed by atoms with van der Waals surface area (Å²) in [4.78, 5) is 53.2. The molecule has 4 bridgehead atoms. The summed E-state index contributed by atoms with van der Waals surface area (Å²) in [6.07, 6.45) is 0.953. The van der Waals surface area contributed by atoms with Gasteiger partial charge in [0.2, 0.25) is 0 Å². The van der Waals surface area contributed by atoms with Crippen LogP contribution in [0.5, 0.6) is 0 Å². The van der Waals surface area contributed by atoms with Crippen LogP contribution in [-0.2, 0) is 72.6 Å². The molecule has 6 rings (SSSR count). The quantitative estimate of drug-likeness (QED) is 0.0250. The molecule has 20 nitrogen and oxygen atoms in total. The molecule has 10 atom stereocenters. The van der Waals surface area contributed by atoms with E-state index in [1.807, 2.05) is 0 Å². The maximum atomic E-state index is 13.3. The van der Waals surface area contributed by atoms with Crippen LogP contribution >= 0.6 is 12.0 Å². The number of rotatable bonds is 9. The molecule has 0 aromatic heterocycles. The minimum Gasteiger partial charge on any atom is -0.870 e.